The van der Waals surface area contributed by atoms with Crippen molar-refractivity contribution in [1.82, 2.24) is 4.81 Å². The predicted molar refractivity (Wildman–Crippen MR) is 37.3 cm³/mol. The van der Waals surface area contributed by atoms with Gasteiger partial charge in [-0.05, 0) is 0 Å². The summed E-state index contributed by atoms with van der Waals surface area (Å²) in [6, 6.07) is 0. The number of nitrogens with zero attached hydrogens (tertiary/aromatic N) is 1. The maximum atomic E-state index is 11.0. The lowest BCUT2D eigenvalue weighted by atomic mass is 9.96. The Kier molecular flexibility index (Phi) is 1.79. The van der Waals surface area contributed by atoms with Gasteiger partial charge in [-0.25, -0.2) is 0 Å². The molecule has 10 heavy (non-hydrogen) atoms. The van der Waals surface area contributed by atoms with Gasteiger partial charge in [0.1, 0.15) is 0 Å². The molecule has 0 N–H and O–H groups in total. The Morgan fingerprint density at radius 3 is 2.40 bits per heavy atom. The molecule has 0 aromatic heterocycles. The maximum absolute atomic E-state index is 11.0. The lowest BCUT2D eigenvalue weighted by molar-refractivity contribution is -0.133. The molecule has 0 saturated carbocycles. The molecule has 1 aliphatic heterocycles. The van der Waals surface area contributed by atoms with E-state index in [4.69, 9.17) is 0 Å². The third-order valence-electron chi connectivity index (χ3n) is 1.67. The Labute approximate surface area is 60.7 Å². The van der Waals surface area contributed by atoms with Crippen molar-refractivity contribution in [2.45, 2.75) is 20.2 Å². The van der Waals surface area contributed by atoms with Crippen molar-refractivity contribution in [1.29, 1.82) is 0 Å². The van der Waals surface area contributed by atoms with Crippen LogP contribution in [-0.4, -0.2) is 24.0 Å². The first kappa shape index (κ1) is 7.31. The zero-order valence-electron chi connectivity index (χ0n) is 6.13. The third-order valence-corrected chi connectivity index (χ3v) is 1.67. The summed E-state index contributed by atoms with van der Waals surface area (Å²) in [4.78, 5) is 23.1. The first-order chi connectivity index (χ1) is 4.66. The average Bonchev–Trinajstić information content (AvgIpc) is 2.09. The molecule has 53 valence electrons. The van der Waals surface area contributed by atoms with Gasteiger partial charge in [-0.15, -0.1) is 0 Å². The minimum absolute atomic E-state index is 0.0764. The molecule has 1 fully saturated rings. The van der Waals surface area contributed by atoms with Crippen LogP contribution in [0, 0.1) is 5.92 Å². The highest BCUT2D eigenvalue weighted by atomic mass is 16.2. The van der Waals surface area contributed by atoms with Gasteiger partial charge in [-0.3, -0.25) is 9.59 Å². The number of rotatable bonds is 1. The highest BCUT2D eigenvalue weighted by Gasteiger charge is 2.33. The van der Waals surface area contributed by atoms with Crippen LogP contribution >= 0.6 is 0 Å². The molecular formula is C6H9BNO2. The number of hydrogen-bond donors (Lipinski definition) is 0. The molecule has 0 aliphatic carbocycles. The smallest absolute Gasteiger partial charge is 0.256 e. The van der Waals surface area contributed by atoms with Gasteiger partial charge in [0, 0.05) is 12.3 Å². The first-order valence-electron chi connectivity index (χ1n) is 3.32. The monoisotopic (exact) mass is 138 g/mol. The topological polar surface area (TPSA) is 37.4 Å². The normalized spacial score (nSPS) is 25.8. The number of amides is 2. The molecule has 3 nitrogen and oxygen atoms in total. The Morgan fingerprint density at radius 1 is 1.60 bits per heavy atom. The fourth-order valence-corrected chi connectivity index (χ4v) is 1.08. The van der Waals surface area contributed by atoms with Crippen LogP contribution < -0.4 is 0 Å². The van der Waals surface area contributed by atoms with E-state index in [1.54, 1.807) is 13.7 Å². The maximum Gasteiger partial charge on any atom is 0.256 e. The highest BCUT2D eigenvalue weighted by Crippen LogP contribution is 2.16. The van der Waals surface area contributed by atoms with Gasteiger partial charge >= 0.3 is 0 Å². The van der Waals surface area contributed by atoms with Crippen molar-refractivity contribution in [2.75, 3.05) is 0 Å². The van der Waals surface area contributed by atoms with E-state index in [-0.39, 0.29) is 17.7 Å². The molecule has 0 aromatic carbocycles. The number of carbonyl (C=O) groups is 2. The van der Waals surface area contributed by atoms with Gasteiger partial charge in [0.05, 0.1) is 0 Å². The van der Waals surface area contributed by atoms with E-state index in [0.717, 1.165) is 0 Å². The van der Waals surface area contributed by atoms with Gasteiger partial charge in [0.25, 0.3) is 7.41 Å². The molecule has 1 aliphatic rings. The van der Waals surface area contributed by atoms with Crippen LogP contribution in [-0.2, 0) is 9.59 Å². The summed E-state index contributed by atoms with van der Waals surface area (Å²) in [7, 11) is 1.52. The molecule has 1 heterocycles. The average molecular weight is 138 g/mol. The SMILES string of the molecule is C[B]N1C(=O)CC(C)C1=O. The molecule has 1 rings (SSSR count). The second kappa shape index (κ2) is 2.44. The fourth-order valence-electron chi connectivity index (χ4n) is 1.08. The van der Waals surface area contributed by atoms with Gasteiger partial charge in [0.15, 0.2) is 0 Å². The Bertz CT molecular complexity index is 181. The van der Waals surface area contributed by atoms with E-state index in [9.17, 15) is 9.59 Å². The zero-order chi connectivity index (χ0) is 7.72. The molecule has 2 amide bonds. The van der Waals surface area contributed by atoms with Crippen LogP contribution in [0.25, 0.3) is 0 Å². The van der Waals surface area contributed by atoms with Crippen molar-refractivity contribution in [3.05, 3.63) is 0 Å². The lowest BCUT2D eigenvalue weighted by Crippen LogP contribution is -2.32. The number of carbonyl (C=O) groups excluding carboxylic acids is 2. The minimum Gasteiger partial charge on any atom is -0.334 e. The lowest BCUT2D eigenvalue weighted by Gasteiger charge is -2.08. The molecule has 1 radical (unpaired) electrons. The Balaban J connectivity index is 2.74. The van der Waals surface area contributed by atoms with Crippen molar-refractivity contribution in [3.8, 4) is 0 Å². The molecule has 1 saturated heterocycles. The van der Waals surface area contributed by atoms with Crippen LogP contribution in [0.1, 0.15) is 13.3 Å². The minimum atomic E-state index is -0.122. The molecule has 0 bridgehead atoms. The third kappa shape index (κ3) is 0.937. The molecule has 1 unspecified atom stereocenters. The summed E-state index contributed by atoms with van der Waals surface area (Å²) in [6.07, 6.45) is 0.364. The van der Waals surface area contributed by atoms with E-state index in [2.05, 4.69) is 0 Å². The summed E-state index contributed by atoms with van der Waals surface area (Å²) < 4.78 is 0. The molecular weight excluding hydrogens is 129 g/mol. The van der Waals surface area contributed by atoms with Crippen LogP contribution in [0.3, 0.4) is 0 Å². The van der Waals surface area contributed by atoms with Crippen molar-refractivity contribution in [2.24, 2.45) is 5.92 Å². The van der Waals surface area contributed by atoms with Crippen LogP contribution in [0.15, 0.2) is 0 Å². The van der Waals surface area contributed by atoms with Gasteiger partial charge in [0.2, 0.25) is 11.8 Å². The second-order valence-electron chi connectivity index (χ2n) is 2.47. The second-order valence-corrected chi connectivity index (χ2v) is 2.47. The Morgan fingerprint density at radius 2 is 2.20 bits per heavy atom. The summed E-state index contributed by atoms with van der Waals surface area (Å²) in [5, 5.41) is 0. The van der Waals surface area contributed by atoms with Crippen molar-refractivity contribution in [3.63, 3.8) is 0 Å². The molecule has 1 atom stereocenters. The van der Waals surface area contributed by atoms with Gasteiger partial charge < -0.3 is 4.81 Å². The number of imide groups is 1. The number of hydrogen-bond acceptors (Lipinski definition) is 2. The molecule has 0 aromatic rings. The first-order valence-corrected chi connectivity index (χ1v) is 3.32. The van der Waals surface area contributed by atoms with Crippen molar-refractivity contribution >= 4 is 19.2 Å². The quantitative estimate of drug-likeness (QED) is 0.379. The summed E-state index contributed by atoms with van der Waals surface area (Å²) in [6.45, 7) is 3.46. The standard InChI is InChI=1S/C6H9BNO2/c1-4-3-5(9)8(7-2)6(4)10/h4H,3H2,1-2H3. The van der Waals surface area contributed by atoms with Gasteiger partial charge in [-0.1, -0.05) is 13.7 Å². The van der Waals surface area contributed by atoms with E-state index in [1.165, 1.54) is 12.2 Å². The van der Waals surface area contributed by atoms with E-state index in [0.29, 0.717) is 6.42 Å². The van der Waals surface area contributed by atoms with Crippen LogP contribution in [0.4, 0.5) is 0 Å². The fraction of sp³-hybridized carbons (Fsp3) is 0.667. The summed E-state index contributed by atoms with van der Waals surface area (Å²) in [5.41, 5.74) is 0. The van der Waals surface area contributed by atoms with Gasteiger partial charge in [-0.2, -0.15) is 0 Å². The summed E-state index contributed by atoms with van der Waals surface area (Å²) >= 11 is 0. The molecule has 0 spiro atoms. The van der Waals surface area contributed by atoms with E-state index >= 15 is 0 Å². The highest BCUT2D eigenvalue weighted by molar-refractivity contribution is 6.42. The summed E-state index contributed by atoms with van der Waals surface area (Å²) in [5.74, 6) is -0.281. The van der Waals surface area contributed by atoms with E-state index in [1.807, 2.05) is 0 Å². The van der Waals surface area contributed by atoms with Crippen LogP contribution in [0.5, 0.6) is 0 Å². The van der Waals surface area contributed by atoms with Crippen LogP contribution in [0.2, 0.25) is 6.82 Å². The van der Waals surface area contributed by atoms with Crippen molar-refractivity contribution < 1.29 is 9.59 Å². The largest absolute Gasteiger partial charge is 0.334 e. The predicted octanol–water partition coefficient (Wildman–Crippen LogP) is 0.0487. The zero-order valence-corrected chi connectivity index (χ0v) is 6.13. The molecule has 4 heteroatoms. The Hall–Kier alpha value is -0.795. The van der Waals surface area contributed by atoms with E-state index < -0.39 is 0 Å².